The van der Waals surface area contributed by atoms with Crippen molar-refractivity contribution in [2.45, 2.75) is 25.4 Å². The summed E-state index contributed by atoms with van der Waals surface area (Å²) in [5.41, 5.74) is 0.910. The van der Waals surface area contributed by atoms with Gasteiger partial charge >= 0.3 is 6.03 Å². The molecular weight excluding hydrogens is 286 g/mol. The zero-order chi connectivity index (χ0) is 16.1. The molecule has 2 heterocycles. The molecule has 1 aliphatic rings. The fourth-order valence-electron chi connectivity index (χ4n) is 2.19. The number of pyridine rings is 1. The molecule has 1 aromatic rings. The molecule has 8 heteroatoms. The third kappa shape index (κ3) is 3.94. The summed E-state index contributed by atoms with van der Waals surface area (Å²) >= 11 is 0. The summed E-state index contributed by atoms with van der Waals surface area (Å²) in [6.07, 6.45) is 2.13. The van der Waals surface area contributed by atoms with E-state index in [1.165, 1.54) is 0 Å². The number of nitrogens with zero attached hydrogens (tertiary/aromatic N) is 2. The number of carbonyl (C=O) groups excluding carboxylic acids is 3. The van der Waals surface area contributed by atoms with Crippen molar-refractivity contribution >= 4 is 23.7 Å². The first-order valence-electron chi connectivity index (χ1n) is 6.96. The van der Waals surface area contributed by atoms with Crippen molar-refractivity contribution < 1.29 is 14.4 Å². The van der Waals surface area contributed by atoms with E-state index in [0.717, 1.165) is 11.4 Å². The van der Waals surface area contributed by atoms with Crippen molar-refractivity contribution in [1.29, 1.82) is 0 Å². The van der Waals surface area contributed by atoms with Crippen LogP contribution in [0.5, 0.6) is 0 Å². The molecule has 1 aromatic heterocycles. The second-order valence-electron chi connectivity index (χ2n) is 5.21. The Morgan fingerprint density at radius 3 is 2.82 bits per heavy atom. The number of hydrogen-bond donors (Lipinski definition) is 3. The van der Waals surface area contributed by atoms with Gasteiger partial charge in [-0.25, -0.2) is 9.78 Å². The molecule has 1 aliphatic heterocycles. The van der Waals surface area contributed by atoms with E-state index in [4.69, 9.17) is 0 Å². The molecule has 1 saturated heterocycles. The van der Waals surface area contributed by atoms with Gasteiger partial charge in [-0.05, 0) is 12.5 Å². The maximum absolute atomic E-state index is 11.9. The quantitative estimate of drug-likeness (QED) is 0.629. The predicted octanol–water partition coefficient (Wildman–Crippen LogP) is -0.248. The number of urea groups is 1. The number of amides is 4. The van der Waals surface area contributed by atoms with Gasteiger partial charge in [0.25, 0.3) is 5.91 Å². The summed E-state index contributed by atoms with van der Waals surface area (Å²) in [7, 11) is 3.77. The number of hydrogen-bond acceptors (Lipinski definition) is 5. The lowest BCUT2D eigenvalue weighted by Crippen LogP contribution is -2.31. The van der Waals surface area contributed by atoms with E-state index < -0.39 is 12.1 Å². The molecule has 0 aromatic carbocycles. The van der Waals surface area contributed by atoms with Gasteiger partial charge in [0.2, 0.25) is 5.91 Å². The van der Waals surface area contributed by atoms with Gasteiger partial charge in [0, 0.05) is 38.8 Å². The molecule has 0 saturated carbocycles. The lowest BCUT2D eigenvalue weighted by Gasteiger charge is -2.16. The number of rotatable bonds is 6. The van der Waals surface area contributed by atoms with Crippen molar-refractivity contribution in [3.8, 4) is 0 Å². The van der Waals surface area contributed by atoms with Crippen LogP contribution >= 0.6 is 0 Å². The number of anilines is 1. The summed E-state index contributed by atoms with van der Waals surface area (Å²) in [4.78, 5) is 40.3. The fourth-order valence-corrected chi connectivity index (χ4v) is 2.19. The Bertz CT molecular complexity index is 588. The lowest BCUT2D eigenvalue weighted by atomic mass is 10.1. The molecule has 4 amide bonds. The highest BCUT2D eigenvalue weighted by Gasteiger charge is 2.29. The van der Waals surface area contributed by atoms with Crippen LogP contribution in [0.1, 0.15) is 18.4 Å². The number of nitrogens with one attached hydrogen (secondary N) is 3. The summed E-state index contributed by atoms with van der Waals surface area (Å²) in [6.45, 7) is 0.364. The highest BCUT2D eigenvalue weighted by molar-refractivity contribution is 6.04. The first-order valence-corrected chi connectivity index (χ1v) is 6.96. The fraction of sp³-hybridized carbons (Fsp3) is 0.429. The molecule has 118 valence electrons. The second kappa shape index (κ2) is 6.88. The van der Waals surface area contributed by atoms with Crippen molar-refractivity contribution in [2.75, 3.05) is 19.0 Å². The van der Waals surface area contributed by atoms with E-state index >= 15 is 0 Å². The zero-order valence-corrected chi connectivity index (χ0v) is 12.5. The molecule has 0 radical (unpaired) electrons. The van der Waals surface area contributed by atoms with Crippen molar-refractivity contribution in [3.05, 3.63) is 23.9 Å². The minimum Gasteiger partial charge on any atom is -0.362 e. The maximum atomic E-state index is 11.9. The average Bonchev–Trinajstić information content (AvgIpc) is 2.81. The highest BCUT2D eigenvalue weighted by Crippen LogP contribution is 2.14. The molecule has 0 aliphatic carbocycles. The van der Waals surface area contributed by atoms with Gasteiger partial charge in [-0.3, -0.25) is 14.9 Å². The molecule has 2 rings (SSSR count). The SMILES string of the molecule is CN(C)c1ncccc1CNC(=O)CCC1NC(=O)NC1=O. The summed E-state index contributed by atoms with van der Waals surface area (Å²) in [6, 6.07) is 2.57. The number of carbonyl (C=O) groups is 3. The van der Waals surface area contributed by atoms with Crippen LogP contribution in [0, 0.1) is 0 Å². The Kier molecular flexibility index (Phi) is 4.92. The normalized spacial score (nSPS) is 16.9. The van der Waals surface area contributed by atoms with Crippen LogP contribution in [0.3, 0.4) is 0 Å². The van der Waals surface area contributed by atoms with Crippen molar-refractivity contribution in [1.82, 2.24) is 20.9 Å². The van der Waals surface area contributed by atoms with Gasteiger partial charge in [-0.15, -0.1) is 0 Å². The van der Waals surface area contributed by atoms with E-state index in [2.05, 4.69) is 20.9 Å². The van der Waals surface area contributed by atoms with E-state index in [-0.39, 0.29) is 24.7 Å². The first-order chi connectivity index (χ1) is 10.5. The molecule has 1 atom stereocenters. The van der Waals surface area contributed by atoms with E-state index in [1.807, 2.05) is 31.1 Å². The first kappa shape index (κ1) is 15.7. The second-order valence-corrected chi connectivity index (χ2v) is 5.21. The topological polar surface area (TPSA) is 103 Å². The Morgan fingerprint density at radius 1 is 1.41 bits per heavy atom. The van der Waals surface area contributed by atoms with Crippen LogP contribution < -0.4 is 20.9 Å². The van der Waals surface area contributed by atoms with Crippen LogP contribution in [-0.2, 0) is 16.1 Å². The molecule has 1 unspecified atom stereocenters. The van der Waals surface area contributed by atoms with E-state index in [1.54, 1.807) is 6.20 Å². The number of aromatic nitrogens is 1. The minimum absolute atomic E-state index is 0.163. The summed E-state index contributed by atoms with van der Waals surface area (Å²) in [5.74, 6) is 0.229. The van der Waals surface area contributed by atoms with Crippen LogP contribution in [-0.4, -0.2) is 43.0 Å². The van der Waals surface area contributed by atoms with Gasteiger partial charge < -0.3 is 15.5 Å². The van der Waals surface area contributed by atoms with E-state index in [9.17, 15) is 14.4 Å². The van der Waals surface area contributed by atoms with Gasteiger partial charge in [-0.2, -0.15) is 0 Å². The standard InChI is InChI=1S/C14H19N5O3/c1-19(2)12-9(4-3-7-15-12)8-16-11(20)6-5-10-13(21)18-14(22)17-10/h3-4,7,10H,5-6,8H2,1-2H3,(H,16,20)(H2,17,18,21,22). The van der Waals surface area contributed by atoms with Gasteiger partial charge in [-0.1, -0.05) is 6.07 Å². The summed E-state index contributed by atoms with van der Waals surface area (Å²) in [5, 5.41) is 7.39. The molecule has 1 fully saturated rings. The largest absolute Gasteiger partial charge is 0.362 e. The van der Waals surface area contributed by atoms with Gasteiger partial charge in [0.05, 0.1) is 0 Å². The molecule has 0 bridgehead atoms. The van der Waals surface area contributed by atoms with Crippen molar-refractivity contribution in [3.63, 3.8) is 0 Å². The van der Waals surface area contributed by atoms with Crippen LogP contribution in [0.4, 0.5) is 10.6 Å². The average molecular weight is 305 g/mol. The van der Waals surface area contributed by atoms with E-state index in [0.29, 0.717) is 6.54 Å². The number of imide groups is 1. The Morgan fingerprint density at radius 2 is 2.18 bits per heavy atom. The minimum atomic E-state index is -0.631. The van der Waals surface area contributed by atoms with Crippen LogP contribution in [0.25, 0.3) is 0 Å². The zero-order valence-electron chi connectivity index (χ0n) is 12.5. The van der Waals surface area contributed by atoms with Crippen molar-refractivity contribution in [2.24, 2.45) is 0 Å². The van der Waals surface area contributed by atoms with Crippen LogP contribution in [0.2, 0.25) is 0 Å². The Labute approximate surface area is 128 Å². The van der Waals surface area contributed by atoms with Crippen LogP contribution in [0.15, 0.2) is 18.3 Å². The molecular formula is C14H19N5O3. The highest BCUT2D eigenvalue weighted by atomic mass is 16.2. The summed E-state index contributed by atoms with van der Waals surface area (Å²) < 4.78 is 0. The maximum Gasteiger partial charge on any atom is 0.322 e. The monoisotopic (exact) mass is 305 g/mol. The molecule has 22 heavy (non-hydrogen) atoms. The Balaban J connectivity index is 1.81. The molecule has 0 spiro atoms. The molecule has 8 nitrogen and oxygen atoms in total. The Hall–Kier alpha value is -2.64. The third-order valence-corrected chi connectivity index (χ3v) is 3.29. The smallest absolute Gasteiger partial charge is 0.322 e. The lowest BCUT2D eigenvalue weighted by molar-refractivity contribution is -0.122. The molecule has 3 N–H and O–H groups in total. The van der Waals surface area contributed by atoms with Gasteiger partial charge in [0.1, 0.15) is 11.9 Å². The third-order valence-electron chi connectivity index (χ3n) is 3.29. The predicted molar refractivity (Wildman–Crippen MR) is 80.1 cm³/mol. The van der Waals surface area contributed by atoms with Gasteiger partial charge in [0.15, 0.2) is 0 Å².